The molecule has 0 aromatic carbocycles. The molecule has 3 aromatic heterocycles. The summed E-state index contributed by atoms with van der Waals surface area (Å²) in [5, 5.41) is 5.71. The third-order valence-electron chi connectivity index (χ3n) is 3.63. The van der Waals surface area contributed by atoms with Gasteiger partial charge in [0.25, 0.3) is 0 Å². The van der Waals surface area contributed by atoms with Crippen molar-refractivity contribution in [2.75, 3.05) is 0 Å². The average molecular weight is 267 g/mol. The molecule has 0 bridgehead atoms. The van der Waals surface area contributed by atoms with Gasteiger partial charge in [-0.1, -0.05) is 6.92 Å². The number of rotatable bonds is 3. The zero-order chi connectivity index (χ0) is 14.3. The van der Waals surface area contributed by atoms with E-state index in [0.29, 0.717) is 0 Å². The minimum absolute atomic E-state index is 0.866. The molecule has 3 aromatic rings. The number of nitrogens with zero attached hydrogens (tertiary/aromatic N) is 4. The highest BCUT2D eigenvalue weighted by atomic mass is 15.3. The quantitative estimate of drug-likeness (QED) is 0.731. The van der Waals surface area contributed by atoms with Crippen LogP contribution in [0.5, 0.6) is 0 Å². The number of aromatic nitrogens is 4. The van der Waals surface area contributed by atoms with Crippen molar-refractivity contribution in [3.8, 4) is 5.82 Å². The standard InChI is InChI=1S/C16H19N4/c1-5-6-14-12(3)18-19(4)16(14)20-8-7-13-9-11(2)10-17-15(13)20/h7-10H,1,5-6H2,2-4H3. The van der Waals surface area contributed by atoms with E-state index in [1.807, 2.05) is 17.9 Å². The van der Waals surface area contributed by atoms with Crippen LogP contribution in [0.25, 0.3) is 16.9 Å². The van der Waals surface area contributed by atoms with Gasteiger partial charge in [-0.3, -0.25) is 9.25 Å². The number of pyridine rings is 1. The molecule has 0 N–H and O–H groups in total. The molecule has 0 aliphatic heterocycles. The first kappa shape index (κ1) is 12.9. The number of fused-ring (bicyclic) bond motifs is 1. The van der Waals surface area contributed by atoms with Crippen LogP contribution in [0.1, 0.15) is 23.2 Å². The summed E-state index contributed by atoms with van der Waals surface area (Å²) >= 11 is 0. The predicted octanol–water partition coefficient (Wildman–Crippen LogP) is 3.14. The van der Waals surface area contributed by atoms with Crippen molar-refractivity contribution >= 4 is 11.0 Å². The van der Waals surface area contributed by atoms with Crippen LogP contribution < -0.4 is 0 Å². The molecule has 0 atom stereocenters. The first-order valence-corrected chi connectivity index (χ1v) is 6.87. The molecule has 4 heteroatoms. The summed E-state index contributed by atoms with van der Waals surface area (Å²) in [5.74, 6) is 1.09. The third-order valence-corrected chi connectivity index (χ3v) is 3.63. The number of hydrogen-bond acceptors (Lipinski definition) is 2. The number of hydrogen-bond donors (Lipinski definition) is 0. The van der Waals surface area contributed by atoms with Gasteiger partial charge >= 0.3 is 0 Å². The van der Waals surface area contributed by atoms with Gasteiger partial charge in [0.05, 0.1) is 5.69 Å². The highest BCUT2D eigenvalue weighted by Gasteiger charge is 2.16. The Kier molecular flexibility index (Phi) is 3.08. The van der Waals surface area contributed by atoms with Gasteiger partial charge in [0.1, 0.15) is 11.5 Å². The van der Waals surface area contributed by atoms with Gasteiger partial charge < -0.3 is 0 Å². The molecule has 1 radical (unpaired) electrons. The van der Waals surface area contributed by atoms with Crippen LogP contribution in [0.2, 0.25) is 0 Å². The van der Waals surface area contributed by atoms with Crippen LogP contribution in [0, 0.1) is 20.8 Å². The molecule has 0 unspecified atom stereocenters. The zero-order valence-corrected chi connectivity index (χ0v) is 12.2. The Bertz CT molecular complexity index is 764. The molecule has 0 amide bonds. The third kappa shape index (κ3) is 1.92. The SMILES string of the molecule is [CH2]CCc1c(C)nn(C)c1-n1ccc2cc(C)cnc21. The molecule has 3 heterocycles. The minimum Gasteiger partial charge on any atom is -0.285 e. The molecule has 0 aliphatic carbocycles. The molecule has 0 aliphatic rings. The Morgan fingerprint density at radius 2 is 2.10 bits per heavy atom. The molecule has 20 heavy (non-hydrogen) atoms. The van der Waals surface area contributed by atoms with Crippen LogP contribution in [0.3, 0.4) is 0 Å². The maximum absolute atomic E-state index is 4.57. The maximum Gasteiger partial charge on any atom is 0.145 e. The maximum atomic E-state index is 4.57. The topological polar surface area (TPSA) is 35.6 Å². The summed E-state index contributed by atoms with van der Waals surface area (Å²) in [7, 11) is 1.98. The van der Waals surface area contributed by atoms with Crippen LogP contribution in [0.15, 0.2) is 24.5 Å². The van der Waals surface area contributed by atoms with E-state index in [9.17, 15) is 0 Å². The average Bonchev–Trinajstić information content (AvgIpc) is 2.91. The monoisotopic (exact) mass is 267 g/mol. The van der Waals surface area contributed by atoms with Crippen molar-refractivity contribution in [3.63, 3.8) is 0 Å². The second-order valence-electron chi connectivity index (χ2n) is 5.23. The summed E-state index contributed by atoms with van der Waals surface area (Å²) in [5.41, 5.74) is 4.47. The van der Waals surface area contributed by atoms with E-state index < -0.39 is 0 Å². The highest BCUT2D eigenvalue weighted by molar-refractivity contribution is 5.78. The molecule has 0 spiro atoms. The second-order valence-corrected chi connectivity index (χ2v) is 5.23. The van der Waals surface area contributed by atoms with Crippen molar-refractivity contribution in [1.82, 2.24) is 19.3 Å². The molecule has 3 rings (SSSR count). The molecule has 0 fully saturated rings. The highest BCUT2D eigenvalue weighted by Crippen LogP contribution is 2.24. The van der Waals surface area contributed by atoms with Crippen LogP contribution in [0.4, 0.5) is 0 Å². The fourth-order valence-electron chi connectivity index (χ4n) is 2.77. The molecule has 4 nitrogen and oxygen atoms in total. The zero-order valence-electron chi connectivity index (χ0n) is 12.2. The van der Waals surface area contributed by atoms with Crippen LogP contribution >= 0.6 is 0 Å². The van der Waals surface area contributed by atoms with E-state index in [0.717, 1.165) is 35.4 Å². The Morgan fingerprint density at radius 3 is 2.85 bits per heavy atom. The minimum atomic E-state index is 0.866. The summed E-state index contributed by atoms with van der Waals surface area (Å²) in [6, 6.07) is 4.26. The Balaban J connectivity index is 2.25. The summed E-state index contributed by atoms with van der Waals surface area (Å²) < 4.78 is 4.06. The van der Waals surface area contributed by atoms with E-state index >= 15 is 0 Å². The molecular formula is C16H19N4. The van der Waals surface area contributed by atoms with Gasteiger partial charge in [0.2, 0.25) is 0 Å². The molecule has 0 saturated heterocycles. The van der Waals surface area contributed by atoms with E-state index in [1.54, 1.807) is 0 Å². The van der Waals surface area contributed by atoms with E-state index in [-0.39, 0.29) is 0 Å². The largest absolute Gasteiger partial charge is 0.285 e. The summed E-state index contributed by atoms with van der Waals surface area (Å²) in [6.45, 7) is 8.08. The molecule has 0 saturated carbocycles. The van der Waals surface area contributed by atoms with Crippen LogP contribution in [-0.2, 0) is 13.5 Å². The first-order valence-electron chi connectivity index (χ1n) is 6.87. The lowest BCUT2D eigenvalue weighted by molar-refractivity contribution is 0.725. The Hall–Kier alpha value is -2.10. The normalized spacial score (nSPS) is 11.4. The lowest BCUT2D eigenvalue weighted by Gasteiger charge is -2.08. The van der Waals surface area contributed by atoms with Crippen LogP contribution in [-0.4, -0.2) is 19.3 Å². The van der Waals surface area contributed by atoms with Gasteiger partial charge in [0, 0.05) is 30.4 Å². The first-order chi connectivity index (χ1) is 9.61. The Labute approximate surface area is 119 Å². The van der Waals surface area contributed by atoms with E-state index in [4.69, 9.17) is 0 Å². The summed E-state index contributed by atoms with van der Waals surface area (Å²) in [6.07, 6.45) is 5.77. The van der Waals surface area contributed by atoms with E-state index in [2.05, 4.69) is 53.8 Å². The number of aryl methyl sites for hydroxylation is 3. The second kappa shape index (κ2) is 4.78. The lowest BCUT2D eigenvalue weighted by Crippen LogP contribution is -2.05. The summed E-state index contributed by atoms with van der Waals surface area (Å²) in [4.78, 5) is 4.57. The van der Waals surface area contributed by atoms with Crippen molar-refractivity contribution in [3.05, 3.63) is 48.3 Å². The van der Waals surface area contributed by atoms with E-state index in [1.165, 1.54) is 11.1 Å². The molecule has 103 valence electrons. The van der Waals surface area contributed by atoms with Crippen molar-refractivity contribution < 1.29 is 0 Å². The predicted molar refractivity (Wildman–Crippen MR) is 81.0 cm³/mol. The van der Waals surface area contributed by atoms with Gasteiger partial charge in [-0.05, 0) is 44.4 Å². The van der Waals surface area contributed by atoms with Gasteiger partial charge in [-0.15, -0.1) is 0 Å². The lowest BCUT2D eigenvalue weighted by atomic mass is 10.1. The van der Waals surface area contributed by atoms with Crippen molar-refractivity contribution in [2.45, 2.75) is 26.7 Å². The van der Waals surface area contributed by atoms with Crippen molar-refractivity contribution in [2.24, 2.45) is 7.05 Å². The van der Waals surface area contributed by atoms with Crippen molar-refractivity contribution in [1.29, 1.82) is 0 Å². The fourth-order valence-corrected chi connectivity index (χ4v) is 2.77. The molecular weight excluding hydrogens is 248 g/mol. The smallest absolute Gasteiger partial charge is 0.145 e. The van der Waals surface area contributed by atoms with Gasteiger partial charge in [-0.25, -0.2) is 4.98 Å². The fraction of sp³-hybridized carbons (Fsp3) is 0.312. The van der Waals surface area contributed by atoms with Gasteiger partial charge in [0.15, 0.2) is 0 Å². The Morgan fingerprint density at radius 1 is 1.30 bits per heavy atom. The van der Waals surface area contributed by atoms with Gasteiger partial charge in [-0.2, -0.15) is 5.10 Å².